The van der Waals surface area contributed by atoms with Gasteiger partial charge < -0.3 is 15.9 Å². The predicted octanol–water partition coefficient (Wildman–Crippen LogP) is 4.61. The van der Waals surface area contributed by atoms with Gasteiger partial charge in [-0.1, -0.05) is 84.9 Å². The summed E-state index contributed by atoms with van der Waals surface area (Å²) in [6.07, 6.45) is -0.937. The number of anilines is 1. The number of carboxylic acid groups (broad SMARTS) is 2. The van der Waals surface area contributed by atoms with Crippen molar-refractivity contribution in [2.24, 2.45) is 0 Å². The van der Waals surface area contributed by atoms with Crippen LogP contribution in [0.25, 0.3) is 10.8 Å². The number of carbonyl (C=O) groups is 3. The molecule has 0 amide bonds. The van der Waals surface area contributed by atoms with Gasteiger partial charge in [0.15, 0.2) is 11.3 Å². The van der Waals surface area contributed by atoms with Crippen LogP contribution >= 0.6 is 0 Å². The highest BCUT2D eigenvalue weighted by Gasteiger charge is 2.53. The zero-order valence-corrected chi connectivity index (χ0v) is 19.5. The molecule has 0 aliphatic heterocycles. The Hall–Kier alpha value is -4.49. The van der Waals surface area contributed by atoms with Crippen molar-refractivity contribution in [2.75, 3.05) is 5.73 Å². The quantitative estimate of drug-likeness (QED) is 0.172. The third-order valence-corrected chi connectivity index (χ3v) is 6.27. The van der Waals surface area contributed by atoms with Crippen LogP contribution in [0, 0.1) is 0 Å². The van der Waals surface area contributed by atoms with Crippen LogP contribution in [0.5, 0.6) is 0 Å². The number of benzene rings is 4. The van der Waals surface area contributed by atoms with Crippen molar-refractivity contribution in [1.29, 1.82) is 0 Å². The Labute approximate surface area is 208 Å². The predicted molar refractivity (Wildman–Crippen MR) is 137 cm³/mol. The summed E-state index contributed by atoms with van der Waals surface area (Å²) in [5.74, 6) is -3.82. The molecule has 7 nitrogen and oxygen atoms in total. The summed E-state index contributed by atoms with van der Waals surface area (Å²) in [7, 11) is 0. The fourth-order valence-corrected chi connectivity index (χ4v) is 4.47. The van der Waals surface area contributed by atoms with Crippen LogP contribution in [0.2, 0.25) is 0 Å². The Morgan fingerprint density at radius 1 is 0.722 bits per heavy atom. The van der Waals surface area contributed by atoms with Crippen LogP contribution in [0.3, 0.4) is 0 Å². The highest BCUT2D eigenvalue weighted by atomic mass is 16.4. The van der Waals surface area contributed by atoms with Crippen LogP contribution in [0.4, 0.5) is 5.69 Å². The molecule has 0 aromatic heterocycles. The van der Waals surface area contributed by atoms with Crippen molar-refractivity contribution < 1.29 is 24.6 Å². The molecule has 0 aliphatic rings. The number of hydrogen-bond donors (Lipinski definition) is 3. The van der Waals surface area contributed by atoms with Gasteiger partial charge >= 0.3 is 11.9 Å². The lowest BCUT2D eigenvalue weighted by atomic mass is 9.82. The number of nitrogens with zero attached hydrogens (tertiary/aromatic N) is 1. The summed E-state index contributed by atoms with van der Waals surface area (Å²) < 4.78 is 0. The van der Waals surface area contributed by atoms with Gasteiger partial charge in [0, 0.05) is 24.3 Å². The Balaban J connectivity index is 1.91. The average molecular weight is 483 g/mol. The number of carbonyl (C=O) groups excluding carboxylic acids is 1. The van der Waals surface area contributed by atoms with Crippen LogP contribution < -0.4 is 5.73 Å². The number of fused-ring (bicyclic) bond motifs is 1. The number of aliphatic carboxylic acids is 2. The molecular weight excluding hydrogens is 456 g/mol. The molecule has 0 saturated carbocycles. The maximum absolute atomic E-state index is 14.2. The standard InChI is InChI=1S/C29H26N2O5/c30-25-16-23-14-8-7-13-22(23)15-24(25)27(34)29(28(35)36,17-26(32)33)31(18-20-9-3-1-4-10-20)19-21-11-5-2-6-12-21/h1-16H,17-19,30H2,(H,32,33)(H,35,36)/t29-/m0/s1. The fourth-order valence-electron chi connectivity index (χ4n) is 4.47. The van der Waals surface area contributed by atoms with Gasteiger partial charge in [-0.3, -0.25) is 14.5 Å². The molecule has 4 N–H and O–H groups in total. The normalized spacial score (nSPS) is 12.8. The summed E-state index contributed by atoms with van der Waals surface area (Å²) in [6, 6.07) is 28.5. The lowest BCUT2D eigenvalue weighted by molar-refractivity contribution is -0.155. The lowest BCUT2D eigenvalue weighted by Crippen LogP contribution is -2.60. The largest absolute Gasteiger partial charge is 0.481 e. The molecule has 0 heterocycles. The van der Waals surface area contributed by atoms with E-state index in [0.717, 1.165) is 16.5 Å². The van der Waals surface area contributed by atoms with Gasteiger partial charge in [0.25, 0.3) is 0 Å². The maximum atomic E-state index is 14.2. The highest BCUT2D eigenvalue weighted by molar-refractivity contribution is 6.20. The molecule has 1 atom stereocenters. The van der Waals surface area contributed by atoms with Crippen molar-refractivity contribution in [1.82, 2.24) is 4.90 Å². The van der Waals surface area contributed by atoms with Crippen LogP contribution in [0.1, 0.15) is 27.9 Å². The van der Waals surface area contributed by atoms with E-state index in [9.17, 15) is 24.6 Å². The molecule has 4 aromatic carbocycles. The van der Waals surface area contributed by atoms with Crippen molar-refractivity contribution in [2.45, 2.75) is 25.0 Å². The van der Waals surface area contributed by atoms with Gasteiger partial charge in [-0.15, -0.1) is 0 Å². The first-order valence-corrected chi connectivity index (χ1v) is 11.4. The molecular formula is C29H26N2O5. The number of nitrogen functional groups attached to an aromatic ring is 1. The Morgan fingerprint density at radius 2 is 1.19 bits per heavy atom. The zero-order valence-electron chi connectivity index (χ0n) is 19.5. The van der Waals surface area contributed by atoms with Gasteiger partial charge in [-0.2, -0.15) is 0 Å². The fraction of sp³-hybridized carbons (Fsp3) is 0.138. The van der Waals surface area contributed by atoms with Gasteiger partial charge in [-0.25, -0.2) is 4.79 Å². The topological polar surface area (TPSA) is 121 Å². The molecule has 0 fully saturated rings. The number of rotatable bonds is 10. The second kappa shape index (κ2) is 10.4. The number of Topliss-reactive ketones (excluding diaryl/α,β-unsaturated/α-hetero) is 1. The number of hydrogen-bond acceptors (Lipinski definition) is 5. The Morgan fingerprint density at radius 3 is 1.67 bits per heavy atom. The maximum Gasteiger partial charge on any atom is 0.332 e. The number of carboxylic acids is 2. The summed E-state index contributed by atoms with van der Waals surface area (Å²) in [4.78, 5) is 40.7. The molecule has 0 aliphatic carbocycles. The Bertz CT molecular complexity index is 1360. The molecule has 0 unspecified atom stereocenters. The van der Waals surface area contributed by atoms with Crippen molar-refractivity contribution in [3.63, 3.8) is 0 Å². The third kappa shape index (κ3) is 4.96. The van der Waals surface area contributed by atoms with E-state index in [1.54, 1.807) is 66.7 Å². The zero-order chi connectivity index (χ0) is 25.7. The summed E-state index contributed by atoms with van der Waals surface area (Å²) in [5, 5.41) is 21.9. The Kier molecular flexibility index (Phi) is 7.12. The van der Waals surface area contributed by atoms with E-state index in [1.165, 1.54) is 11.0 Å². The molecule has 7 heteroatoms. The molecule has 4 aromatic rings. The van der Waals surface area contributed by atoms with Crippen LogP contribution in [-0.4, -0.2) is 38.4 Å². The van der Waals surface area contributed by atoms with Crippen LogP contribution in [0.15, 0.2) is 97.1 Å². The van der Waals surface area contributed by atoms with E-state index in [2.05, 4.69) is 0 Å². The average Bonchev–Trinajstić information content (AvgIpc) is 2.87. The molecule has 182 valence electrons. The molecule has 36 heavy (non-hydrogen) atoms. The lowest BCUT2D eigenvalue weighted by Gasteiger charge is -2.39. The monoisotopic (exact) mass is 482 g/mol. The van der Waals surface area contributed by atoms with E-state index in [4.69, 9.17) is 5.73 Å². The molecule has 0 bridgehead atoms. The second-order valence-electron chi connectivity index (χ2n) is 8.68. The van der Waals surface area contributed by atoms with E-state index < -0.39 is 29.7 Å². The number of nitrogens with two attached hydrogens (primary N) is 1. The van der Waals surface area contributed by atoms with Gasteiger partial charge in [0.2, 0.25) is 0 Å². The number of ketones is 1. The van der Waals surface area contributed by atoms with Gasteiger partial charge in [0.1, 0.15) is 0 Å². The van der Waals surface area contributed by atoms with Gasteiger partial charge in [-0.05, 0) is 34.0 Å². The minimum Gasteiger partial charge on any atom is -0.481 e. The van der Waals surface area contributed by atoms with E-state index in [1.807, 2.05) is 24.3 Å². The molecule has 0 radical (unpaired) electrons. The summed E-state index contributed by atoms with van der Waals surface area (Å²) in [5.41, 5.74) is 5.38. The first kappa shape index (κ1) is 24.6. The minimum atomic E-state index is -2.41. The van der Waals surface area contributed by atoms with Crippen molar-refractivity contribution in [3.8, 4) is 0 Å². The molecule has 4 rings (SSSR count). The third-order valence-electron chi connectivity index (χ3n) is 6.27. The highest BCUT2D eigenvalue weighted by Crippen LogP contribution is 2.33. The molecule has 0 spiro atoms. The summed E-state index contributed by atoms with van der Waals surface area (Å²) in [6.45, 7) is 0.0725. The van der Waals surface area contributed by atoms with Crippen molar-refractivity contribution >= 4 is 34.2 Å². The van der Waals surface area contributed by atoms with E-state index in [-0.39, 0.29) is 24.3 Å². The first-order valence-electron chi connectivity index (χ1n) is 11.4. The smallest absolute Gasteiger partial charge is 0.332 e. The van der Waals surface area contributed by atoms with Gasteiger partial charge in [0.05, 0.1) is 6.42 Å². The minimum absolute atomic E-state index is 0.0246. The summed E-state index contributed by atoms with van der Waals surface area (Å²) >= 11 is 0. The second-order valence-corrected chi connectivity index (χ2v) is 8.68. The van der Waals surface area contributed by atoms with Crippen molar-refractivity contribution in [3.05, 3.63) is 114 Å². The SMILES string of the molecule is Nc1cc2ccccc2cc1C(=O)[C@@](CC(=O)O)(C(=O)O)N(Cc1ccccc1)Cc1ccccc1. The van der Waals surface area contributed by atoms with Crippen LogP contribution in [-0.2, 0) is 22.7 Å². The first-order chi connectivity index (χ1) is 17.3. The van der Waals surface area contributed by atoms with E-state index >= 15 is 0 Å². The van der Waals surface area contributed by atoms with E-state index in [0.29, 0.717) is 5.39 Å². The molecule has 0 saturated heterocycles.